The zero-order valence-electron chi connectivity index (χ0n) is 13.9. The van der Waals surface area contributed by atoms with Gasteiger partial charge in [0, 0.05) is 18.5 Å². The number of amides is 1. The number of nitrogens with zero attached hydrogens (tertiary/aromatic N) is 1. The molecule has 0 radical (unpaired) electrons. The van der Waals surface area contributed by atoms with E-state index in [1.54, 1.807) is 0 Å². The van der Waals surface area contributed by atoms with Crippen molar-refractivity contribution >= 4 is 5.91 Å². The Balaban J connectivity index is 1.94. The van der Waals surface area contributed by atoms with Crippen LogP contribution < -0.4 is 5.73 Å². The summed E-state index contributed by atoms with van der Waals surface area (Å²) in [5, 5.41) is 0. The van der Waals surface area contributed by atoms with E-state index >= 15 is 0 Å². The fourth-order valence-electron chi connectivity index (χ4n) is 4.31. The Hall–Kier alpha value is -1.35. The lowest BCUT2D eigenvalue weighted by atomic mass is 9.70. The third-order valence-corrected chi connectivity index (χ3v) is 5.36. The van der Waals surface area contributed by atoms with E-state index < -0.39 is 5.54 Å². The number of benzene rings is 1. The van der Waals surface area contributed by atoms with Crippen LogP contribution in [0.5, 0.6) is 0 Å². The average molecular weight is 300 g/mol. The number of rotatable bonds is 1. The lowest BCUT2D eigenvalue weighted by Gasteiger charge is -2.45. The molecule has 0 aromatic heterocycles. The maximum absolute atomic E-state index is 12.6. The number of nitrogens with two attached hydrogens (primary N) is 1. The van der Waals surface area contributed by atoms with Crippen molar-refractivity contribution in [1.82, 2.24) is 4.90 Å². The molecule has 1 atom stereocenters. The van der Waals surface area contributed by atoms with Crippen molar-refractivity contribution in [3.05, 3.63) is 35.4 Å². The predicted octanol–water partition coefficient (Wildman–Crippen LogP) is 3.01. The Bertz CT molecular complexity index is 561. The van der Waals surface area contributed by atoms with Gasteiger partial charge in [0.05, 0.1) is 5.54 Å². The second kappa shape index (κ2) is 5.69. The van der Waals surface area contributed by atoms with Crippen LogP contribution in [0.25, 0.3) is 0 Å². The van der Waals surface area contributed by atoms with E-state index in [2.05, 4.69) is 24.3 Å². The average Bonchev–Trinajstić information content (AvgIpc) is 2.66. The molecule has 3 rings (SSSR count). The minimum absolute atomic E-state index is 0.0910. The normalized spacial score (nSPS) is 25.7. The fraction of sp³-hybridized carbons (Fsp3) is 0.632. The summed E-state index contributed by atoms with van der Waals surface area (Å²) in [6, 6.07) is 8.87. The van der Waals surface area contributed by atoms with Crippen LogP contribution in [-0.2, 0) is 16.6 Å². The van der Waals surface area contributed by atoms with Crippen molar-refractivity contribution in [1.29, 1.82) is 0 Å². The molecule has 1 aromatic carbocycles. The number of aryl methyl sites for hydroxylation is 1. The van der Waals surface area contributed by atoms with E-state index in [1.807, 2.05) is 18.7 Å². The molecule has 1 aliphatic carbocycles. The number of carbonyl (C=O) groups excluding carboxylic acids is 1. The highest BCUT2D eigenvalue weighted by atomic mass is 16.2. The molecule has 1 unspecified atom stereocenters. The van der Waals surface area contributed by atoms with Crippen molar-refractivity contribution < 1.29 is 4.79 Å². The first-order chi connectivity index (χ1) is 10.4. The SMILES string of the molecule is CC(C)(N)C(=O)N1CCCC2(CCCCc3ccccc32)C1. The minimum atomic E-state index is -0.775. The topological polar surface area (TPSA) is 46.3 Å². The maximum Gasteiger partial charge on any atom is 0.242 e. The van der Waals surface area contributed by atoms with E-state index in [-0.39, 0.29) is 11.3 Å². The summed E-state index contributed by atoms with van der Waals surface area (Å²) >= 11 is 0. The fourth-order valence-corrected chi connectivity index (χ4v) is 4.31. The molecule has 22 heavy (non-hydrogen) atoms. The molecule has 0 bridgehead atoms. The molecule has 1 amide bonds. The summed E-state index contributed by atoms with van der Waals surface area (Å²) in [5.41, 5.74) is 8.41. The quantitative estimate of drug-likeness (QED) is 0.866. The van der Waals surface area contributed by atoms with E-state index in [0.29, 0.717) is 0 Å². The Morgan fingerprint density at radius 3 is 2.68 bits per heavy atom. The van der Waals surface area contributed by atoms with Crippen molar-refractivity contribution in [3.63, 3.8) is 0 Å². The van der Waals surface area contributed by atoms with Crippen molar-refractivity contribution in [3.8, 4) is 0 Å². The van der Waals surface area contributed by atoms with Gasteiger partial charge in [0.1, 0.15) is 0 Å². The molecule has 1 aromatic rings. The second-order valence-electron chi connectivity index (χ2n) is 7.70. The van der Waals surface area contributed by atoms with Crippen molar-refractivity contribution in [2.45, 2.75) is 63.3 Å². The molecule has 2 N–H and O–H groups in total. The first-order valence-corrected chi connectivity index (χ1v) is 8.59. The van der Waals surface area contributed by atoms with Crippen LogP contribution in [0.3, 0.4) is 0 Å². The summed E-state index contributed by atoms with van der Waals surface area (Å²) in [4.78, 5) is 14.7. The predicted molar refractivity (Wildman–Crippen MR) is 89.8 cm³/mol. The summed E-state index contributed by atoms with van der Waals surface area (Å²) in [7, 11) is 0. The number of carbonyl (C=O) groups is 1. The zero-order chi connectivity index (χ0) is 15.8. The Morgan fingerprint density at radius 1 is 1.18 bits per heavy atom. The number of hydrogen-bond acceptors (Lipinski definition) is 2. The van der Waals surface area contributed by atoms with Crippen LogP contribution in [0.1, 0.15) is 57.1 Å². The van der Waals surface area contributed by atoms with Crippen molar-refractivity contribution in [2.24, 2.45) is 5.73 Å². The molecule has 1 fully saturated rings. The monoisotopic (exact) mass is 300 g/mol. The molecule has 1 heterocycles. The van der Waals surface area contributed by atoms with Gasteiger partial charge in [-0.2, -0.15) is 0 Å². The van der Waals surface area contributed by atoms with E-state index in [4.69, 9.17) is 5.73 Å². The Morgan fingerprint density at radius 2 is 1.91 bits per heavy atom. The molecule has 1 saturated heterocycles. The van der Waals surface area contributed by atoms with Crippen LogP contribution in [0.4, 0.5) is 0 Å². The summed E-state index contributed by atoms with van der Waals surface area (Å²) < 4.78 is 0. The van der Waals surface area contributed by atoms with Gasteiger partial charge < -0.3 is 10.6 Å². The maximum atomic E-state index is 12.6. The van der Waals surface area contributed by atoms with Gasteiger partial charge in [0.2, 0.25) is 5.91 Å². The molecule has 3 nitrogen and oxygen atoms in total. The molecule has 1 aliphatic heterocycles. The lowest BCUT2D eigenvalue weighted by Crippen LogP contribution is -2.57. The highest BCUT2D eigenvalue weighted by Gasteiger charge is 2.42. The van der Waals surface area contributed by atoms with E-state index in [1.165, 1.54) is 43.2 Å². The molecular weight excluding hydrogens is 272 g/mol. The van der Waals surface area contributed by atoms with Gasteiger partial charge >= 0.3 is 0 Å². The van der Waals surface area contributed by atoms with Gasteiger partial charge in [0.25, 0.3) is 0 Å². The summed E-state index contributed by atoms with van der Waals surface area (Å²) in [6.45, 7) is 5.32. The van der Waals surface area contributed by atoms with E-state index in [0.717, 1.165) is 19.5 Å². The highest BCUT2D eigenvalue weighted by molar-refractivity contribution is 5.85. The first kappa shape index (κ1) is 15.5. The molecule has 3 heteroatoms. The van der Waals surface area contributed by atoms with Crippen LogP contribution in [-0.4, -0.2) is 29.4 Å². The van der Waals surface area contributed by atoms with Crippen molar-refractivity contribution in [2.75, 3.05) is 13.1 Å². The zero-order valence-corrected chi connectivity index (χ0v) is 13.9. The number of piperidine rings is 1. The van der Waals surface area contributed by atoms with Crippen LogP contribution >= 0.6 is 0 Å². The summed E-state index contributed by atoms with van der Waals surface area (Å²) in [6.07, 6.45) is 7.15. The molecule has 2 aliphatic rings. The van der Waals surface area contributed by atoms with Crippen LogP contribution in [0, 0.1) is 0 Å². The first-order valence-electron chi connectivity index (χ1n) is 8.59. The Labute approximate surface area is 133 Å². The smallest absolute Gasteiger partial charge is 0.242 e. The van der Waals surface area contributed by atoms with Gasteiger partial charge in [0.15, 0.2) is 0 Å². The Kier molecular flexibility index (Phi) is 4.02. The standard InChI is InChI=1S/C19H28N2O/c1-18(2,20)17(22)21-13-7-12-19(14-21)11-6-5-9-15-8-3-4-10-16(15)19/h3-4,8,10H,5-7,9,11-14,20H2,1-2H3. The summed E-state index contributed by atoms with van der Waals surface area (Å²) in [5.74, 6) is 0.0910. The van der Waals surface area contributed by atoms with Gasteiger partial charge in [-0.25, -0.2) is 0 Å². The van der Waals surface area contributed by atoms with Gasteiger partial charge in [-0.05, 0) is 57.1 Å². The molecule has 0 saturated carbocycles. The largest absolute Gasteiger partial charge is 0.340 e. The minimum Gasteiger partial charge on any atom is -0.340 e. The van der Waals surface area contributed by atoms with Crippen LogP contribution in [0.15, 0.2) is 24.3 Å². The van der Waals surface area contributed by atoms with Gasteiger partial charge in [-0.3, -0.25) is 4.79 Å². The van der Waals surface area contributed by atoms with Crippen LogP contribution in [0.2, 0.25) is 0 Å². The van der Waals surface area contributed by atoms with Gasteiger partial charge in [-0.15, -0.1) is 0 Å². The lowest BCUT2D eigenvalue weighted by molar-refractivity contribution is -0.138. The number of likely N-dealkylation sites (tertiary alicyclic amines) is 1. The number of fused-ring (bicyclic) bond motifs is 2. The van der Waals surface area contributed by atoms with Gasteiger partial charge in [-0.1, -0.05) is 30.7 Å². The molecular formula is C19H28N2O. The van der Waals surface area contributed by atoms with E-state index in [9.17, 15) is 4.79 Å². The second-order valence-corrected chi connectivity index (χ2v) is 7.70. The highest BCUT2D eigenvalue weighted by Crippen LogP contribution is 2.42. The molecule has 1 spiro atoms. The third kappa shape index (κ3) is 2.79. The third-order valence-electron chi connectivity index (χ3n) is 5.36. The number of hydrogen-bond donors (Lipinski definition) is 1. The molecule has 120 valence electrons.